The molecule has 42 heavy (non-hydrogen) atoms. The lowest BCUT2D eigenvalue weighted by Crippen LogP contribution is -2.00. The smallest absolute Gasteiger partial charge is 0.168 e. The number of nitrogens with zero attached hydrogens (tertiary/aromatic N) is 3. The van der Waals surface area contributed by atoms with Gasteiger partial charge >= 0.3 is 0 Å². The van der Waals surface area contributed by atoms with Crippen LogP contribution in [0.4, 0.5) is 0 Å². The van der Waals surface area contributed by atoms with E-state index in [4.69, 9.17) is 4.42 Å². The van der Waals surface area contributed by atoms with Crippen LogP contribution in [0.1, 0.15) is 0 Å². The summed E-state index contributed by atoms with van der Waals surface area (Å²) in [4.78, 5) is 0. The van der Waals surface area contributed by atoms with Crippen molar-refractivity contribution in [3.05, 3.63) is 152 Å². The molecule has 0 amide bonds. The second-order valence-corrected chi connectivity index (χ2v) is 10.3. The summed E-state index contributed by atoms with van der Waals surface area (Å²) in [7, 11) is 0. The standard InChI is InChI=1S/C38H25N3O/c1-4-12-26(13-5-1)31-18-10-20-33-34-21-11-19-32(36(34)42-35(31)33)27-22-24-29(25-23-27)38-40-39-37(28-14-6-2-7-15-28)41(38)30-16-8-3-9-17-30/h1-25H. The van der Waals surface area contributed by atoms with Crippen LogP contribution < -0.4 is 0 Å². The summed E-state index contributed by atoms with van der Waals surface area (Å²) in [5.41, 5.74) is 9.20. The third-order valence-electron chi connectivity index (χ3n) is 7.77. The molecule has 8 rings (SSSR count). The summed E-state index contributed by atoms with van der Waals surface area (Å²) in [5, 5.41) is 11.5. The minimum absolute atomic E-state index is 0.793. The molecule has 6 aromatic carbocycles. The van der Waals surface area contributed by atoms with Gasteiger partial charge in [-0.3, -0.25) is 4.57 Å². The average Bonchev–Trinajstić information content (AvgIpc) is 3.69. The van der Waals surface area contributed by atoms with Crippen molar-refractivity contribution in [1.29, 1.82) is 0 Å². The van der Waals surface area contributed by atoms with Crippen LogP contribution in [0.3, 0.4) is 0 Å². The van der Waals surface area contributed by atoms with Gasteiger partial charge < -0.3 is 4.42 Å². The molecule has 0 aliphatic rings. The lowest BCUT2D eigenvalue weighted by molar-refractivity contribution is 0.671. The molecule has 4 nitrogen and oxygen atoms in total. The number of para-hydroxylation sites is 3. The Morgan fingerprint density at radius 3 is 1.36 bits per heavy atom. The molecular formula is C38H25N3O. The van der Waals surface area contributed by atoms with E-state index < -0.39 is 0 Å². The van der Waals surface area contributed by atoms with Crippen molar-refractivity contribution in [2.75, 3.05) is 0 Å². The molecule has 0 unspecified atom stereocenters. The number of fused-ring (bicyclic) bond motifs is 3. The maximum absolute atomic E-state index is 6.64. The number of furan rings is 1. The highest BCUT2D eigenvalue weighted by atomic mass is 16.3. The molecule has 0 saturated heterocycles. The van der Waals surface area contributed by atoms with Gasteiger partial charge in [0.05, 0.1) is 0 Å². The first-order valence-corrected chi connectivity index (χ1v) is 14.0. The summed E-state index contributed by atoms with van der Waals surface area (Å²) < 4.78 is 8.76. The monoisotopic (exact) mass is 539 g/mol. The molecule has 0 aliphatic heterocycles. The first-order chi connectivity index (χ1) is 20.8. The van der Waals surface area contributed by atoms with Crippen LogP contribution >= 0.6 is 0 Å². The Morgan fingerprint density at radius 1 is 0.381 bits per heavy atom. The molecule has 0 bridgehead atoms. The van der Waals surface area contributed by atoms with E-state index in [1.54, 1.807) is 0 Å². The van der Waals surface area contributed by atoms with Crippen molar-refractivity contribution in [2.24, 2.45) is 0 Å². The molecule has 2 heterocycles. The van der Waals surface area contributed by atoms with Crippen molar-refractivity contribution in [1.82, 2.24) is 14.8 Å². The van der Waals surface area contributed by atoms with Gasteiger partial charge in [-0.25, -0.2) is 0 Å². The van der Waals surface area contributed by atoms with Crippen LogP contribution in [0.5, 0.6) is 0 Å². The van der Waals surface area contributed by atoms with Gasteiger partial charge in [0.1, 0.15) is 11.2 Å². The first kappa shape index (κ1) is 24.1. The van der Waals surface area contributed by atoms with Crippen molar-refractivity contribution in [3.63, 3.8) is 0 Å². The Hall–Kier alpha value is -5.74. The molecule has 0 saturated carbocycles. The number of hydrogen-bond acceptors (Lipinski definition) is 3. The van der Waals surface area contributed by atoms with E-state index in [2.05, 4.69) is 124 Å². The maximum atomic E-state index is 6.64. The fraction of sp³-hybridized carbons (Fsp3) is 0. The van der Waals surface area contributed by atoms with E-state index in [-0.39, 0.29) is 0 Å². The van der Waals surface area contributed by atoms with Gasteiger partial charge in [-0.05, 0) is 23.3 Å². The van der Waals surface area contributed by atoms with Crippen LogP contribution in [-0.4, -0.2) is 14.8 Å². The summed E-state index contributed by atoms with van der Waals surface area (Å²) in [6, 6.07) is 52.1. The highest BCUT2D eigenvalue weighted by Crippen LogP contribution is 2.40. The van der Waals surface area contributed by atoms with Gasteiger partial charge in [0.15, 0.2) is 11.6 Å². The van der Waals surface area contributed by atoms with E-state index in [1.165, 1.54) is 0 Å². The zero-order valence-corrected chi connectivity index (χ0v) is 22.7. The highest BCUT2D eigenvalue weighted by molar-refractivity contribution is 6.13. The molecule has 0 N–H and O–H groups in total. The Labute approximate surface area is 243 Å². The van der Waals surface area contributed by atoms with E-state index in [9.17, 15) is 0 Å². The van der Waals surface area contributed by atoms with Gasteiger partial charge in [-0.1, -0.05) is 140 Å². The van der Waals surface area contributed by atoms with Gasteiger partial charge in [0.2, 0.25) is 0 Å². The van der Waals surface area contributed by atoms with E-state index in [0.717, 1.165) is 72.7 Å². The normalized spacial score (nSPS) is 11.3. The third kappa shape index (κ3) is 4.01. The molecule has 0 atom stereocenters. The minimum atomic E-state index is 0.793. The SMILES string of the molecule is c1ccc(-c2cccc3c2oc2c(-c4ccc(-c5nnc(-c6ccccc6)n5-c5ccccc5)cc4)cccc23)cc1. The quantitative estimate of drug-likeness (QED) is 0.219. The number of aromatic nitrogens is 3. The third-order valence-corrected chi connectivity index (χ3v) is 7.77. The number of hydrogen-bond donors (Lipinski definition) is 0. The Kier molecular flexibility index (Phi) is 5.75. The summed E-state index contributed by atoms with van der Waals surface area (Å²) in [5.74, 6) is 1.60. The van der Waals surface area contributed by atoms with Crippen molar-refractivity contribution >= 4 is 21.9 Å². The maximum Gasteiger partial charge on any atom is 0.168 e. The number of benzene rings is 6. The van der Waals surface area contributed by atoms with E-state index in [0.29, 0.717) is 0 Å². The lowest BCUT2D eigenvalue weighted by atomic mass is 9.99. The van der Waals surface area contributed by atoms with Crippen LogP contribution in [0.2, 0.25) is 0 Å². The van der Waals surface area contributed by atoms with E-state index in [1.807, 2.05) is 42.5 Å². The van der Waals surface area contributed by atoms with Crippen molar-refractivity contribution in [2.45, 2.75) is 0 Å². The second kappa shape index (κ2) is 10.0. The molecule has 0 aliphatic carbocycles. The van der Waals surface area contributed by atoms with Gasteiger partial charge in [0, 0.05) is 38.7 Å². The summed E-state index contributed by atoms with van der Waals surface area (Å²) in [6.07, 6.45) is 0. The lowest BCUT2D eigenvalue weighted by Gasteiger charge is -2.11. The van der Waals surface area contributed by atoms with Crippen molar-refractivity contribution < 1.29 is 4.42 Å². The Morgan fingerprint density at radius 2 is 0.810 bits per heavy atom. The van der Waals surface area contributed by atoms with Crippen molar-refractivity contribution in [3.8, 4) is 50.7 Å². The fourth-order valence-corrected chi connectivity index (χ4v) is 5.76. The predicted octanol–water partition coefficient (Wildman–Crippen LogP) is 9.83. The van der Waals surface area contributed by atoms with Crippen LogP contribution in [-0.2, 0) is 0 Å². The minimum Gasteiger partial charge on any atom is -0.455 e. The molecule has 198 valence electrons. The molecule has 0 radical (unpaired) electrons. The Bertz CT molecular complexity index is 2160. The second-order valence-electron chi connectivity index (χ2n) is 10.3. The number of rotatable bonds is 5. The zero-order chi connectivity index (χ0) is 27.9. The Balaban J connectivity index is 1.24. The van der Waals surface area contributed by atoms with Crippen LogP contribution in [0.15, 0.2) is 156 Å². The molecule has 0 spiro atoms. The molecule has 8 aromatic rings. The fourth-order valence-electron chi connectivity index (χ4n) is 5.76. The van der Waals surface area contributed by atoms with E-state index >= 15 is 0 Å². The van der Waals surface area contributed by atoms with Gasteiger partial charge in [0.25, 0.3) is 0 Å². The summed E-state index contributed by atoms with van der Waals surface area (Å²) in [6.45, 7) is 0. The largest absolute Gasteiger partial charge is 0.455 e. The topological polar surface area (TPSA) is 43.9 Å². The zero-order valence-electron chi connectivity index (χ0n) is 22.7. The van der Waals surface area contributed by atoms with Gasteiger partial charge in [-0.2, -0.15) is 0 Å². The first-order valence-electron chi connectivity index (χ1n) is 14.0. The molecule has 4 heteroatoms. The highest BCUT2D eigenvalue weighted by Gasteiger charge is 2.18. The average molecular weight is 540 g/mol. The molecule has 2 aromatic heterocycles. The molecular weight excluding hydrogens is 514 g/mol. The predicted molar refractivity (Wildman–Crippen MR) is 170 cm³/mol. The van der Waals surface area contributed by atoms with Gasteiger partial charge in [-0.15, -0.1) is 10.2 Å². The summed E-state index contributed by atoms with van der Waals surface area (Å²) >= 11 is 0. The molecule has 0 fully saturated rings. The van der Waals surface area contributed by atoms with Crippen LogP contribution in [0, 0.1) is 0 Å². The van der Waals surface area contributed by atoms with Crippen LogP contribution in [0.25, 0.3) is 72.7 Å².